The summed E-state index contributed by atoms with van der Waals surface area (Å²) in [7, 11) is 1.91. The van der Waals surface area contributed by atoms with E-state index in [0.29, 0.717) is 30.7 Å². The molecule has 3 aromatic carbocycles. The summed E-state index contributed by atoms with van der Waals surface area (Å²) < 4.78 is 34.9. The lowest BCUT2D eigenvalue weighted by molar-refractivity contribution is -0.301. The normalized spacial score (nSPS) is 17.1. The highest BCUT2D eigenvalue weighted by atomic mass is 19.1. The number of rotatable bonds is 10. The Hall–Kier alpha value is -4.38. The number of nitrogens with one attached hydrogen (secondary N) is 1. The molecule has 0 radical (unpaired) electrons. The second-order valence-electron chi connectivity index (χ2n) is 14.3. The van der Waals surface area contributed by atoms with Gasteiger partial charge in [-0.25, -0.2) is 4.39 Å². The van der Waals surface area contributed by atoms with Crippen molar-refractivity contribution in [2.45, 2.75) is 104 Å². The van der Waals surface area contributed by atoms with Crippen LogP contribution in [0.3, 0.4) is 0 Å². The zero-order valence-electron chi connectivity index (χ0n) is 30.3. The summed E-state index contributed by atoms with van der Waals surface area (Å²) in [5.74, 6) is -0.242. The van der Waals surface area contributed by atoms with Gasteiger partial charge in [0.2, 0.25) is 0 Å². The number of para-hydroxylation sites is 1. The van der Waals surface area contributed by atoms with Crippen molar-refractivity contribution in [2.75, 3.05) is 12.4 Å². The molecule has 0 bridgehead atoms. The van der Waals surface area contributed by atoms with E-state index < -0.39 is 5.79 Å². The number of ether oxygens (including phenoxy) is 3. The zero-order valence-corrected chi connectivity index (χ0v) is 30.3. The Morgan fingerprint density at radius 2 is 1.57 bits per heavy atom. The van der Waals surface area contributed by atoms with Crippen molar-refractivity contribution in [2.24, 2.45) is 0 Å². The van der Waals surface area contributed by atoms with Gasteiger partial charge in [0, 0.05) is 43.4 Å². The van der Waals surface area contributed by atoms with E-state index in [0.717, 1.165) is 40.2 Å². The Morgan fingerprint density at radius 1 is 0.980 bits per heavy atom. The maximum atomic E-state index is 14.0. The van der Waals surface area contributed by atoms with Crippen LogP contribution in [0.25, 0.3) is 22.4 Å². The fourth-order valence-corrected chi connectivity index (χ4v) is 6.50. The highest BCUT2D eigenvalue weighted by molar-refractivity contribution is 5.87. The average Bonchev–Trinajstić information content (AvgIpc) is 3.38. The molecule has 4 aromatic rings. The number of nitriles is 1. The molecule has 1 N–H and O–H groups in total. The lowest BCUT2D eigenvalue weighted by Crippen LogP contribution is -2.45. The molecule has 1 fully saturated rings. The van der Waals surface area contributed by atoms with Crippen molar-refractivity contribution >= 4 is 5.69 Å². The molecule has 2 heterocycles. The van der Waals surface area contributed by atoms with Crippen molar-refractivity contribution in [3.8, 4) is 28.5 Å². The van der Waals surface area contributed by atoms with Gasteiger partial charge in [-0.15, -0.1) is 0 Å². The van der Waals surface area contributed by atoms with Gasteiger partial charge in [-0.3, -0.25) is 0 Å². The molecule has 1 aromatic heterocycles. The van der Waals surface area contributed by atoms with Crippen LogP contribution in [0.2, 0.25) is 0 Å². The van der Waals surface area contributed by atoms with E-state index in [1.807, 2.05) is 102 Å². The maximum Gasteiger partial charge on any atom is 0.163 e. The van der Waals surface area contributed by atoms with E-state index in [-0.39, 0.29) is 29.5 Å². The van der Waals surface area contributed by atoms with Crippen LogP contribution >= 0.6 is 0 Å². The monoisotopic (exact) mass is 665 g/mol. The first kappa shape index (κ1) is 37.4. The van der Waals surface area contributed by atoms with Crippen LogP contribution in [0.1, 0.15) is 84.9 Å². The number of halogens is 1. The molecule has 0 spiro atoms. The van der Waals surface area contributed by atoms with Gasteiger partial charge in [0.1, 0.15) is 17.5 Å². The molecule has 49 heavy (non-hydrogen) atoms. The van der Waals surface area contributed by atoms with E-state index >= 15 is 0 Å². The van der Waals surface area contributed by atoms with Crippen molar-refractivity contribution in [3.05, 3.63) is 114 Å². The standard InChI is InChI=1S/C35H43FN2O3.C7H9N/c1-23(2)32-30(22-37)31(25-12-10-9-11-13-25)33(26-14-16-27(36)17-15-26)38(32)19-18-28-21-29(41-35(7,8)40-28)20-24(3)39-34(4,5)6;1-8-7-5-3-2-4-6-7/h9-17,23,28-29H,3,18-21H2,1-2,4-8H3;2-6,8H,1H3/t28-,29+;/m1./s1. The number of anilines is 1. The lowest BCUT2D eigenvalue weighted by atomic mass is 9.96. The van der Waals surface area contributed by atoms with Gasteiger partial charge in [0.05, 0.1) is 29.2 Å². The van der Waals surface area contributed by atoms with Crippen LogP contribution in [0, 0.1) is 17.1 Å². The van der Waals surface area contributed by atoms with Gasteiger partial charge >= 0.3 is 0 Å². The molecule has 0 saturated carbocycles. The fourth-order valence-electron chi connectivity index (χ4n) is 6.50. The van der Waals surface area contributed by atoms with Gasteiger partial charge < -0.3 is 24.1 Å². The van der Waals surface area contributed by atoms with Crippen LogP contribution in [0.5, 0.6) is 0 Å². The van der Waals surface area contributed by atoms with Crippen LogP contribution in [0.15, 0.2) is 97.3 Å². The molecule has 0 unspecified atom stereocenters. The number of nitrogens with zero attached hydrogens (tertiary/aromatic N) is 2. The molecule has 260 valence electrons. The summed E-state index contributed by atoms with van der Waals surface area (Å²) in [6, 6.07) is 29.1. The van der Waals surface area contributed by atoms with Gasteiger partial charge in [-0.2, -0.15) is 5.26 Å². The largest absolute Gasteiger partial charge is 0.493 e. The molecule has 5 rings (SSSR count). The molecule has 6 nitrogen and oxygen atoms in total. The third-order valence-electron chi connectivity index (χ3n) is 8.21. The van der Waals surface area contributed by atoms with Gasteiger partial charge in [-0.1, -0.05) is 69.0 Å². The SMILES string of the molecule is C=C(C[C@H]1C[C@@H](CCn2c(-c3ccc(F)cc3)c(-c3ccccc3)c(C#N)c2C(C)C)OC(C)(C)O1)OC(C)(C)C.CNc1ccccc1. The number of hydrogen-bond acceptors (Lipinski definition) is 5. The first-order valence-corrected chi connectivity index (χ1v) is 17.1. The minimum Gasteiger partial charge on any atom is -0.493 e. The average molecular weight is 666 g/mol. The van der Waals surface area contributed by atoms with Crippen molar-refractivity contribution < 1.29 is 18.6 Å². The molecular weight excluding hydrogens is 613 g/mol. The summed E-state index contributed by atoms with van der Waals surface area (Å²) in [5, 5.41) is 13.5. The zero-order chi connectivity index (χ0) is 35.8. The van der Waals surface area contributed by atoms with E-state index in [4.69, 9.17) is 14.2 Å². The molecule has 1 aliphatic rings. The second kappa shape index (κ2) is 16.3. The van der Waals surface area contributed by atoms with Crippen LogP contribution in [-0.2, 0) is 20.8 Å². The van der Waals surface area contributed by atoms with Crippen LogP contribution in [-0.4, -0.2) is 35.2 Å². The first-order chi connectivity index (χ1) is 23.2. The van der Waals surface area contributed by atoms with Crippen LogP contribution in [0.4, 0.5) is 10.1 Å². The van der Waals surface area contributed by atoms with E-state index in [9.17, 15) is 9.65 Å². The molecule has 0 aliphatic carbocycles. The minimum absolute atomic E-state index is 0.0691. The summed E-state index contributed by atoms with van der Waals surface area (Å²) in [5.41, 5.74) is 6.11. The quantitative estimate of drug-likeness (QED) is 0.171. The van der Waals surface area contributed by atoms with Crippen molar-refractivity contribution in [1.29, 1.82) is 5.26 Å². The minimum atomic E-state index is -0.750. The third kappa shape index (κ3) is 10.3. The Bertz CT molecular complexity index is 1700. The van der Waals surface area contributed by atoms with Gasteiger partial charge in [-0.05, 0) is 94.5 Å². The van der Waals surface area contributed by atoms with Gasteiger partial charge in [0.25, 0.3) is 0 Å². The molecule has 1 saturated heterocycles. The summed E-state index contributed by atoms with van der Waals surface area (Å²) in [4.78, 5) is 0. The summed E-state index contributed by atoms with van der Waals surface area (Å²) in [6.45, 7) is 18.9. The first-order valence-electron chi connectivity index (χ1n) is 17.1. The number of aromatic nitrogens is 1. The molecular formula is C42H52FN3O3. The van der Waals surface area contributed by atoms with Crippen LogP contribution < -0.4 is 5.32 Å². The molecule has 0 amide bonds. The Morgan fingerprint density at radius 3 is 2.10 bits per heavy atom. The van der Waals surface area contributed by atoms with E-state index in [1.54, 1.807) is 12.1 Å². The highest BCUT2D eigenvalue weighted by Gasteiger charge is 2.36. The van der Waals surface area contributed by atoms with E-state index in [1.165, 1.54) is 12.1 Å². The van der Waals surface area contributed by atoms with E-state index in [2.05, 4.69) is 36.4 Å². The third-order valence-corrected chi connectivity index (χ3v) is 8.21. The molecule has 7 heteroatoms. The smallest absolute Gasteiger partial charge is 0.163 e. The summed E-state index contributed by atoms with van der Waals surface area (Å²) >= 11 is 0. The highest BCUT2D eigenvalue weighted by Crippen LogP contribution is 2.42. The predicted octanol–water partition coefficient (Wildman–Crippen LogP) is 10.7. The Balaban J connectivity index is 0.000000592. The number of benzene rings is 3. The maximum absolute atomic E-state index is 14.0. The van der Waals surface area contributed by atoms with Gasteiger partial charge in [0.15, 0.2) is 5.79 Å². The van der Waals surface area contributed by atoms with Crippen molar-refractivity contribution in [1.82, 2.24) is 4.57 Å². The predicted molar refractivity (Wildman–Crippen MR) is 198 cm³/mol. The second-order valence-corrected chi connectivity index (χ2v) is 14.3. The fraction of sp³-hybridized carbons (Fsp3) is 0.405. The Kier molecular flexibility index (Phi) is 12.5. The lowest BCUT2D eigenvalue weighted by Gasteiger charge is -2.41. The topological polar surface area (TPSA) is 68.4 Å². The number of hydrogen-bond donors (Lipinski definition) is 1. The summed E-state index contributed by atoms with van der Waals surface area (Å²) in [6.07, 6.45) is 1.87. The molecule has 2 atom stereocenters. The molecule has 1 aliphatic heterocycles. The Labute approximate surface area is 292 Å². The van der Waals surface area contributed by atoms with Crippen molar-refractivity contribution in [3.63, 3.8) is 0 Å².